The molecule has 2 heterocycles. The van der Waals surface area contributed by atoms with Gasteiger partial charge < -0.3 is 16.2 Å². The molecule has 152 valence electrons. The standard InChI is InChI=1S/C22H21FN6O/c1-25-22-26-20(24)18-19(14-8-15(23)11-17(30)10-14)28-29(21(18)27-22)16-7-6-12-4-2-3-5-13(12)9-16/h2-5,8,10-11,16,30H,6-7,9H2,1H3,(H3,24,25,26,27). The highest BCUT2D eigenvalue weighted by Crippen LogP contribution is 2.37. The first kappa shape index (κ1) is 18.4. The topological polar surface area (TPSA) is 102 Å². The first-order chi connectivity index (χ1) is 14.5. The van der Waals surface area contributed by atoms with Crippen LogP contribution in [0.4, 0.5) is 16.2 Å². The zero-order chi connectivity index (χ0) is 20.8. The molecular weight excluding hydrogens is 383 g/mol. The summed E-state index contributed by atoms with van der Waals surface area (Å²) >= 11 is 0. The van der Waals surface area contributed by atoms with Crippen LogP contribution in [0.25, 0.3) is 22.3 Å². The van der Waals surface area contributed by atoms with Crippen molar-refractivity contribution in [2.24, 2.45) is 0 Å². The number of aryl methyl sites for hydroxylation is 1. The van der Waals surface area contributed by atoms with Crippen molar-refractivity contribution in [1.29, 1.82) is 0 Å². The number of nitrogen functional groups attached to an aromatic ring is 1. The number of hydrogen-bond donors (Lipinski definition) is 3. The molecule has 1 aliphatic rings. The first-order valence-corrected chi connectivity index (χ1v) is 9.83. The zero-order valence-corrected chi connectivity index (χ0v) is 16.4. The van der Waals surface area contributed by atoms with E-state index in [0.29, 0.717) is 28.2 Å². The summed E-state index contributed by atoms with van der Waals surface area (Å²) in [4.78, 5) is 8.91. The van der Waals surface area contributed by atoms with Crippen molar-refractivity contribution in [3.8, 4) is 17.0 Å². The molecular formula is C22H21FN6O. The third kappa shape index (κ3) is 3.01. The largest absolute Gasteiger partial charge is 0.508 e. The highest BCUT2D eigenvalue weighted by Gasteiger charge is 2.26. The number of anilines is 2. The summed E-state index contributed by atoms with van der Waals surface area (Å²) < 4.78 is 15.9. The van der Waals surface area contributed by atoms with Crippen LogP contribution in [0, 0.1) is 5.82 Å². The van der Waals surface area contributed by atoms with Gasteiger partial charge in [-0.05, 0) is 42.5 Å². The van der Waals surface area contributed by atoms with Crippen LogP contribution in [-0.4, -0.2) is 31.9 Å². The van der Waals surface area contributed by atoms with Crippen molar-refractivity contribution < 1.29 is 9.50 Å². The number of phenols is 1. The predicted molar refractivity (Wildman–Crippen MR) is 114 cm³/mol. The molecule has 1 unspecified atom stereocenters. The Kier molecular flexibility index (Phi) is 4.27. The van der Waals surface area contributed by atoms with Crippen LogP contribution in [-0.2, 0) is 12.8 Å². The molecule has 0 amide bonds. The van der Waals surface area contributed by atoms with Crippen molar-refractivity contribution in [2.45, 2.75) is 25.3 Å². The van der Waals surface area contributed by atoms with Crippen molar-refractivity contribution in [1.82, 2.24) is 19.7 Å². The second-order valence-electron chi connectivity index (χ2n) is 7.54. The fourth-order valence-corrected chi connectivity index (χ4v) is 4.23. The molecule has 5 rings (SSSR count). The number of benzene rings is 2. The van der Waals surface area contributed by atoms with E-state index in [0.717, 1.165) is 25.3 Å². The summed E-state index contributed by atoms with van der Waals surface area (Å²) in [6, 6.07) is 12.3. The fourth-order valence-electron chi connectivity index (χ4n) is 4.23. The normalized spacial score (nSPS) is 15.9. The number of rotatable bonds is 3. The molecule has 2 aromatic carbocycles. The third-order valence-electron chi connectivity index (χ3n) is 5.63. The Balaban J connectivity index is 1.71. The van der Waals surface area contributed by atoms with Gasteiger partial charge in [-0.25, -0.2) is 9.07 Å². The maximum Gasteiger partial charge on any atom is 0.226 e. The Morgan fingerprint density at radius 1 is 1.17 bits per heavy atom. The van der Waals surface area contributed by atoms with E-state index in [1.165, 1.54) is 23.3 Å². The van der Waals surface area contributed by atoms with Crippen LogP contribution in [0.2, 0.25) is 0 Å². The van der Waals surface area contributed by atoms with E-state index < -0.39 is 5.82 Å². The lowest BCUT2D eigenvalue weighted by Crippen LogP contribution is -2.20. The number of nitrogens with zero attached hydrogens (tertiary/aromatic N) is 4. The van der Waals surface area contributed by atoms with Crippen molar-refractivity contribution in [3.05, 3.63) is 59.4 Å². The van der Waals surface area contributed by atoms with E-state index in [2.05, 4.69) is 33.5 Å². The summed E-state index contributed by atoms with van der Waals surface area (Å²) in [5.74, 6) is -0.0761. The molecule has 30 heavy (non-hydrogen) atoms. The van der Waals surface area contributed by atoms with Gasteiger partial charge in [0.05, 0.1) is 11.4 Å². The molecule has 1 aliphatic carbocycles. The van der Waals surface area contributed by atoms with Gasteiger partial charge in [-0.3, -0.25) is 0 Å². The summed E-state index contributed by atoms with van der Waals surface area (Å²) in [5, 5.41) is 18.2. The number of nitrogens with two attached hydrogens (primary N) is 1. The summed E-state index contributed by atoms with van der Waals surface area (Å²) in [6.45, 7) is 0. The number of halogens is 1. The number of hydrogen-bond acceptors (Lipinski definition) is 6. The Bertz CT molecular complexity index is 1250. The summed E-state index contributed by atoms with van der Waals surface area (Å²) in [7, 11) is 1.73. The lowest BCUT2D eigenvalue weighted by atomic mass is 9.88. The molecule has 4 N–H and O–H groups in total. The second-order valence-corrected chi connectivity index (χ2v) is 7.54. The van der Waals surface area contributed by atoms with E-state index in [9.17, 15) is 9.50 Å². The average Bonchev–Trinajstić information content (AvgIpc) is 3.13. The number of nitrogens with one attached hydrogen (secondary N) is 1. The third-order valence-corrected chi connectivity index (χ3v) is 5.63. The minimum absolute atomic E-state index is 0.0808. The molecule has 0 saturated heterocycles. The molecule has 4 aromatic rings. The number of aromatic hydroxyl groups is 1. The van der Waals surface area contributed by atoms with Crippen LogP contribution in [0.5, 0.6) is 5.75 Å². The monoisotopic (exact) mass is 404 g/mol. The van der Waals surface area contributed by atoms with Crippen LogP contribution in [0.3, 0.4) is 0 Å². The van der Waals surface area contributed by atoms with Gasteiger partial charge in [0.2, 0.25) is 5.95 Å². The van der Waals surface area contributed by atoms with Crippen LogP contribution in [0.15, 0.2) is 42.5 Å². The van der Waals surface area contributed by atoms with Gasteiger partial charge in [0, 0.05) is 18.7 Å². The van der Waals surface area contributed by atoms with Gasteiger partial charge in [-0.15, -0.1) is 0 Å². The second kappa shape index (κ2) is 6.98. The molecule has 8 heteroatoms. The van der Waals surface area contributed by atoms with Crippen molar-refractivity contribution in [2.75, 3.05) is 18.1 Å². The average molecular weight is 404 g/mol. The SMILES string of the molecule is CNc1nc(N)c2c(-c3cc(O)cc(F)c3)nn(C3CCc4ccccc4C3)c2n1. The zero-order valence-electron chi connectivity index (χ0n) is 16.4. The predicted octanol–water partition coefficient (Wildman–Crippen LogP) is 3.69. The van der Waals surface area contributed by atoms with Gasteiger partial charge in [0.25, 0.3) is 0 Å². The van der Waals surface area contributed by atoms with E-state index >= 15 is 0 Å². The maximum atomic E-state index is 14.0. The molecule has 0 aliphatic heterocycles. The summed E-state index contributed by atoms with van der Waals surface area (Å²) in [6.07, 6.45) is 2.66. The van der Waals surface area contributed by atoms with Crippen molar-refractivity contribution in [3.63, 3.8) is 0 Å². The lowest BCUT2D eigenvalue weighted by Gasteiger charge is -2.25. The molecule has 0 spiro atoms. The van der Waals surface area contributed by atoms with Crippen LogP contribution < -0.4 is 11.1 Å². The molecule has 7 nitrogen and oxygen atoms in total. The number of phenolic OH excluding ortho intramolecular Hbond substituents is 1. The molecule has 0 saturated carbocycles. The Hall–Kier alpha value is -3.68. The Labute approximate surface area is 172 Å². The molecule has 0 bridgehead atoms. The van der Waals surface area contributed by atoms with Gasteiger partial charge in [-0.1, -0.05) is 24.3 Å². The number of aromatic nitrogens is 4. The minimum atomic E-state index is -0.550. The van der Waals surface area contributed by atoms with Crippen LogP contribution >= 0.6 is 0 Å². The van der Waals surface area contributed by atoms with E-state index in [1.807, 2.05) is 10.7 Å². The van der Waals surface area contributed by atoms with E-state index in [4.69, 9.17) is 10.8 Å². The highest BCUT2D eigenvalue weighted by atomic mass is 19.1. The molecule has 0 radical (unpaired) electrons. The van der Waals surface area contributed by atoms with Gasteiger partial charge in [0.1, 0.15) is 23.1 Å². The smallest absolute Gasteiger partial charge is 0.226 e. The molecule has 0 fully saturated rings. The van der Waals surface area contributed by atoms with Gasteiger partial charge >= 0.3 is 0 Å². The Morgan fingerprint density at radius 2 is 1.97 bits per heavy atom. The van der Waals surface area contributed by atoms with E-state index in [-0.39, 0.29) is 17.6 Å². The fraction of sp³-hybridized carbons (Fsp3) is 0.227. The molecule has 1 atom stereocenters. The quantitative estimate of drug-likeness (QED) is 0.481. The van der Waals surface area contributed by atoms with E-state index in [1.54, 1.807) is 7.05 Å². The lowest BCUT2D eigenvalue weighted by molar-refractivity contribution is 0.415. The van der Waals surface area contributed by atoms with Gasteiger partial charge in [0.15, 0.2) is 5.65 Å². The number of fused-ring (bicyclic) bond motifs is 2. The minimum Gasteiger partial charge on any atom is -0.508 e. The summed E-state index contributed by atoms with van der Waals surface area (Å²) in [5.41, 5.74) is 10.4. The van der Waals surface area contributed by atoms with Gasteiger partial charge in [-0.2, -0.15) is 15.1 Å². The van der Waals surface area contributed by atoms with Crippen LogP contribution in [0.1, 0.15) is 23.6 Å². The highest BCUT2D eigenvalue weighted by molar-refractivity contribution is 5.99. The molecule has 2 aromatic heterocycles. The Morgan fingerprint density at radius 3 is 2.73 bits per heavy atom. The first-order valence-electron chi connectivity index (χ1n) is 9.83. The van der Waals surface area contributed by atoms with Crippen molar-refractivity contribution >= 4 is 22.8 Å². The maximum absolute atomic E-state index is 14.0.